The molecule has 1 saturated carbocycles. The summed E-state index contributed by atoms with van der Waals surface area (Å²) in [5.74, 6) is -1.73. The van der Waals surface area contributed by atoms with Crippen molar-refractivity contribution in [2.24, 2.45) is 5.73 Å². The molecule has 4 N–H and O–H groups in total. The number of hydrogen-bond acceptors (Lipinski definition) is 8. The Morgan fingerprint density at radius 3 is 2.28 bits per heavy atom. The van der Waals surface area contributed by atoms with E-state index in [1.54, 1.807) is 12.3 Å². The fourth-order valence-corrected chi connectivity index (χ4v) is 3.93. The van der Waals surface area contributed by atoms with Crippen LogP contribution in [0.15, 0.2) is 48.7 Å². The summed E-state index contributed by atoms with van der Waals surface area (Å²) in [6.45, 7) is 5.96. The summed E-state index contributed by atoms with van der Waals surface area (Å²) in [7, 11) is 1.95. The Labute approximate surface area is 209 Å². The fourth-order valence-electron chi connectivity index (χ4n) is 3.93. The van der Waals surface area contributed by atoms with Crippen molar-refractivity contribution in [3.63, 3.8) is 0 Å². The molecule has 1 aliphatic heterocycles. The first kappa shape index (κ1) is 26.6. The third-order valence-corrected chi connectivity index (χ3v) is 6.02. The maximum Gasteiger partial charge on any atom is 0.328 e. The van der Waals surface area contributed by atoms with E-state index in [-0.39, 0.29) is 5.69 Å². The minimum Gasteiger partial charge on any atom is -0.478 e. The number of anilines is 2. The van der Waals surface area contributed by atoms with Gasteiger partial charge in [-0.25, -0.2) is 19.6 Å². The van der Waals surface area contributed by atoms with Gasteiger partial charge in [-0.1, -0.05) is 18.2 Å². The number of hydrogen-bond donors (Lipinski definition) is 3. The molecule has 1 aliphatic carbocycles. The van der Waals surface area contributed by atoms with Crippen molar-refractivity contribution >= 4 is 29.5 Å². The SMILES string of the molecule is CN(CCN1CCN(c2ccccc2C2CC2)CC1)c1nccc(C(N)=O)n1.O=C(O)/C=C/C(=O)O. The molecule has 1 aromatic heterocycles. The van der Waals surface area contributed by atoms with Crippen LogP contribution >= 0.6 is 0 Å². The number of carboxylic acid groups (broad SMARTS) is 2. The second-order valence-corrected chi connectivity index (χ2v) is 8.70. The number of aromatic nitrogens is 2. The van der Waals surface area contributed by atoms with Gasteiger partial charge in [0.2, 0.25) is 5.95 Å². The summed E-state index contributed by atoms with van der Waals surface area (Å²) >= 11 is 0. The number of likely N-dealkylation sites (N-methyl/N-ethyl adjacent to an activating group) is 1. The van der Waals surface area contributed by atoms with Crippen molar-refractivity contribution in [2.75, 3.05) is 56.1 Å². The Bertz CT molecular complexity index is 1080. The van der Waals surface area contributed by atoms with Crippen LogP contribution in [-0.4, -0.2) is 89.2 Å². The number of carboxylic acids is 2. The van der Waals surface area contributed by atoms with Crippen molar-refractivity contribution in [2.45, 2.75) is 18.8 Å². The zero-order chi connectivity index (χ0) is 26.1. The van der Waals surface area contributed by atoms with Gasteiger partial charge in [0.15, 0.2) is 0 Å². The second-order valence-electron chi connectivity index (χ2n) is 8.70. The smallest absolute Gasteiger partial charge is 0.328 e. The lowest BCUT2D eigenvalue weighted by molar-refractivity contribution is -0.134. The highest BCUT2D eigenvalue weighted by Gasteiger charge is 2.28. The van der Waals surface area contributed by atoms with Gasteiger partial charge in [0.05, 0.1) is 0 Å². The number of piperazine rings is 1. The lowest BCUT2D eigenvalue weighted by Crippen LogP contribution is -2.48. The van der Waals surface area contributed by atoms with Crippen molar-refractivity contribution in [3.05, 3.63) is 59.9 Å². The minimum atomic E-state index is -1.26. The summed E-state index contributed by atoms with van der Waals surface area (Å²) in [6, 6.07) is 10.4. The Morgan fingerprint density at radius 2 is 1.69 bits per heavy atom. The van der Waals surface area contributed by atoms with Crippen molar-refractivity contribution < 1.29 is 24.6 Å². The first-order valence-corrected chi connectivity index (χ1v) is 11.8. The molecule has 2 heterocycles. The van der Waals surface area contributed by atoms with Crippen LogP contribution in [0.2, 0.25) is 0 Å². The minimum absolute atomic E-state index is 0.250. The molecule has 4 rings (SSSR count). The molecular weight excluding hydrogens is 464 g/mol. The quantitative estimate of drug-likeness (QED) is 0.434. The van der Waals surface area contributed by atoms with E-state index >= 15 is 0 Å². The highest BCUT2D eigenvalue weighted by molar-refractivity contribution is 5.91. The van der Waals surface area contributed by atoms with E-state index in [1.807, 2.05) is 11.9 Å². The molecule has 0 bridgehead atoms. The molecule has 0 spiro atoms. The number of nitrogens with two attached hydrogens (primary N) is 1. The van der Waals surface area contributed by atoms with E-state index in [1.165, 1.54) is 24.1 Å². The number of carbonyl (C=O) groups excluding carboxylic acids is 1. The first-order valence-electron chi connectivity index (χ1n) is 11.8. The summed E-state index contributed by atoms with van der Waals surface area (Å²) in [6.07, 6.45) is 5.37. The van der Waals surface area contributed by atoms with Gasteiger partial charge in [-0.05, 0) is 36.5 Å². The van der Waals surface area contributed by atoms with Gasteiger partial charge in [-0.3, -0.25) is 9.69 Å². The Morgan fingerprint density at radius 1 is 1.06 bits per heavy atom. The number of carbonyl (C=O) groups is 3. The van der Waals surface area contributed by atoms with Crippen LogP contribution in [0.5, 0.6) is 0 Å². The molecule has 1 amide bonds. The third-order valence-electron chi connectivity index (χ3n) is 6.02. The number of rotatable bonds is 9. The summed E-state index contributed by atoms with van der Waals surface area (Å²) in [4.78, 5) is 45.9. The van der Waals surface area contributed by atoms with Gasteiger partial charge in [-0.2, -0.15) is 0 Å². The Hall–Kier alpha value is -3.99. The summed E-state index contributed by atoms with van der Waals surface area (Å²) < 4.78 is 0. The Balaban J connectivity index is 0.000000392. The van der Waals surface area contributed by atoms with Crippen LogP contribution in [0.4, 0.5) is 11.6 Å². The largest absolute Gasteiger partial charge is 0.478 e. The highest BCUT2D eigenvalue weighted by Crippen LogP contribution is 2.44. The van der Waals surface area contributed by atoms with Gasteiger partial charge in [0, 0.05) is 70.4 Å². The van der Waals surface area contributed by atoms with Crippen LogP contribution in [0.1, 0.15) is 34.8 Å². The highest BCUT2D eigenvalue weighted by atomic mass is 16.4. The fraction of sp³-hybridized carbons (Fsp3) is 0.400. The summed E-state index contributed by atoms with van der Waals surface area (Å²) in [5.41, 5.74) is 8.52. The van der Waals surface area contributed by atoms with E-state index in [2.05, 4.69) is 44.0 Å². The van der Waals surface area contributed by atoms with E-state index in [0.717, 1.165) is 45.2 Å². The van der Waals surface area contributed by atoms with Crippen molar-refractivity contribution in [1.29, 1.82) is 0 Å². The summed E-state index contributed by atoms with van der Waals surface area (Å²) in [5, 5.41) is 15.6. The molecule has 36 heavy (non-hydrogen) atoms. The normalized spacial score (nSPS) is 15.8. The van der Waals surface area contributed by atoms with Gasteiger partial charge < -0.3 is 25.7 Å². The molecule has 1 aromatic carbocycles. The Kier molecular flexibility index (Phi) is 9.34. The zero-order valence-corrected chi connectivity index (χ0v) is 20.3. The molecule has 2 aromatic rings. The first-order chi connectivity index (χ1) is 17.2. The maximum atomic E-state index is 11.3. The van der Waals surface area contributed by atoms with Gasteiger partial charge in [0.1, 0.15) is 5.69 Å². The number of para-hydroxylation sites is 1. The molecule has 2 aliphatic rings. The lowest BCUT2D eigenvalue weighted by atomic mass is 10.1. The molecular formula is C25H32N6O5. The lowest BCUT2D eigenvalue weighted by Gasteiger charge is -2.37. The number of aliphatic carboxylic acids is 2. The predicted molar refractivity (Wildman–Crippen MR) is 135 cm³/mol. The van der Waals surface area contributed by atoms with Crippen LogP contribution in [0.3, 0.4) is 0 Å². The predicted octanol–water partition coefficient (Wildman–Crippen LogP) is 1.42. The van der Waals surface area contributed by atoms with Gasteiger partial charge in [0.25, 0.3) is 5.91 Å². The van der Waals surface area contributed by atoms with Crippen LogP contribution in [0, 0.1) is 0 Å². The molecule has 0 unspecified atom stereocenters. The number of benzene rings is 1. The molecule has 11 nitrogen and oxygen atoms in total. The van der Waals surface area contributed by atoms with Crippen LogP contribution in [0.25, 0.3) is 0 Å². The van der Waals surface area contributed by atoms with E-state index < -0.39 is 17.8 Å². The van der Waals surface area contributed by atoms with Gasteiger partial charge >= 0.3 is 11.9 Å². The molecule has 0 atom stereocenters. The third kappa shape index (κ3) is 8.05. The molecule has 192 valence electrons. The zero-order valence-electron chi connectivity index (χ0n) is 20.3. The number of amides is 1. The molecule has 2 fully saturated rings. The van der Waals surface area contributed by atoms with Crippen molar-refractivity contribution in [3.8, 4) is 0 Å². The van der Waals surface area contributed by atoms with Crippen molar-refractivity contribution in [1.82, 2.24) is 14.9 Å². The number of primary amides is 1. The maximum absolute atomic E-state index is 11.3. The molecule has 0 radical (unpaired) electrons. The van der Waals surface area contributed by atoms with E-state index in [9.17, 15) is 14.4 Å². The van der Waals surface area contributed by atoms with E-state index in [4.69, 9.17) is 15.9 Å². The molecule has 11 heteroatoms. The van der Waals surface area contributed by atoms with Crippen LogP contribution in [-0.2, 0) is 9.59 Å². The monoisotopic (exact) mass is 496 g/mol. The average molecular weight is 497 g/mol. The standard InChI is InChI=1S/C21H28N6O.C4H4O4/c1-25(21-23-9-8-18(24-21)20(22)28)10-11-26-12-14-27(15-13-26)19-5-3-2-4-17(19)16-6-7-16;5-3(6)1-2-4(7)8/h2-5,8-9,16H,6-7,10-15H2,1H3,(H2,22,28);1-2H,(H,5,6)(H,7,8)/b;2-1+. The van der Waals surface area contributed by atoms with E-state index in [0.29, 0.717) is 18.1 Å². The molecule has 1 saturated heterocycles. The second kappa shape index (κ2) is 12.6. The number of nitrogens with zero attached hydrogens (tertiary/aromatic N) is 5. The van der Waals surface area contributed by atoms with Gasteiger partial charge in [-0.15, -0.1) is 0 Å². The topological polar surface area (TPSA) is 153 Å². The van der Waals surface area contributed by atoms with Crippen LogP contribution < -0.4 is 15.5 Å². The average Bonchev–Trinajstić information content (AvgIpc) is 3.72.